The number of aromatic nitrogens is 1. The molecule has 2 rings (SSSR count). The summed E-state index contributed by atoms with van der Waals surface area (Å²) in [5.41, 5.74) is 1.61. The van der Waals surface area contributed by atoms with Gasteiger partial charge in [0.2, 0.25) is 0 Å². The predicted molar refractivity (Wildman–Crippen MR) is 81.6 cm³/mol. The highest BCUT2D eigenvalue weighted by Crippen LogP contribution is 2.13. The van der Waals surface area contributed by atoms with Crippen LogP contribution in [0.4, 0.5) is 0 Å². The molecule has 1 aromatic carbocycles. The number of amides is 1. The van der Waals surface area contributed by atoms with Gasteiger partial charge < -0.3 is 15.0 Å². The first kappa shape index (κ1) is 14.8. The summed E-state index contributed by atoms with van der Waals surface area (Å²) in [5, 5.41) is 12.7. The predicted octanol–water partition coefficient (Wildman–Crippen LogP) is 2.12. The fourth-order valence-electron chi connectivity index (χ4n) is 2.01. The number of carbonyl (C=O) groups is 1. The Balaban J connectivity index is 1.86. The van der Waals surface area contributed by atoms with Crippen LogP contribution in [0.5, 0.6) is 0 Å². The summed E-state index contributed by atoms with van der Waals surface area (Å²) in [7, 11) is 1.81. The Kier molecular flexibility index (Phi) is 4.98. The van der Waals surface area contributed by atoms with Crippen LogP contribution in [0.15, 0.2) is 47.1 Å². The van der Waals surface area contributed by atoms with E-state index in [1.165, 1.54) is 0 Å². The van der Waals surface area contributed by atoms with Gasteiger partial charge in [-0.25, -0.2) is 0 Å². The average molecular weight is 337 g/mol. The van der Waals surface area contributed by atoms with Crippen LogP contribution in [0.25, 0.3) is 0 Å². The van der Waals surface area contributed by atoms with Crippen LogP contribution in [0, 0.1) is 0 Å². The van der Waals surface area contributed by atoms with Crippen LogP contribution in [-0.2, 0) is 13.5 Å². The fraction of sp³-hybridized carbons (Fsp3) is 0.267. The van der Waals surface area contributed by atoms with E-state index in [-0.39, 0.29) is 12.5 Å². The maximum Gasteiger partial charge on any atom is 0.268 e. The van der Waals surface area contributed by atoms with Crippen LogP contribution in [0.3, 0.4) is 0 Å². The summed E-state index contributed by atoms with van der Waals surface area (Å²) in [6, 6.07) is 11.5. The molecule has 0 aliphatic heterocycles. The second-order valence-corrected chi connectivity index (χ2v) is 5.62. The first-order valence-electron chi connectivity index (χ1n) is 6.38. The third-order valence-corrected chi connectivity index (χ3v) is 3.45. The van der Waals surface area contributed by atoms with Gasteiger partial charge in [-0.05, 0) is 27.6 Å². The van der Waals surface area contributed by atoms with E-state index in [2.05, 4.69) is 21.2 Å². The zero-order valence-electron chi connectivity index (χ0n) is 11.2. The summed E-state index contributed by atoms with van der Waals surface area (Å²) >= 11 is 3.33. The Hall–Kier alpha value is -1.59. The quantitative estimate of drug-likeness (QED) is 0.878. The van der Waals surface area contributed by atoms with Crippen molar-refractivity contribution in [2.75, 3.05) is 6.54 Å². The molecule has 1 amide bonds. The lowest BCUT2D eigenvalue weighted by Gasteiger charge is -2.12. The molecule has 2 aromatic rings. The molecule has 5 heteroatoms. The lowest BCUT2D eigenvalue weighted by molar-refractivity contribution is 0.0908. The number of aryl methyl sites for hydroxylation is 1. The number of rotatable bonds is 5. The Morgan fingerprint density at radius 2 is 2.10 bits per heavy atom. The largest absolute Gasteiger partial charge is 0.391 e. The minimum atomic E-state index is -0.593. The number of benzene rings is 1. The van der Waals surface area contributed by atoms with E-state index >= 15 is 0 Å². The highest BCUT2D eigenvalue weighted by Gasteiger charge is 2.13. The summed E-state index contributed by atoms with van der Waals surface area (Å²) in [6.45, 7) is 0.233. The number of hydrogen-bond donors (Lipinski definition) is 2. The molecule has 2 N–H and O–H groups in total. The van der Waals surface area contributed by atoms with Gasteiger partial charge in [-0.3, -0.25) is 4.79 Å². The molecule has 4 nitrogen and oxygen atoms in total. The van der Waals surface area contributed by atoms with Crippen molar-refractivity contribution in [2.45, 2.75) is 12.5 Å². The Morgan fingerprint density at radius 3 is 2.70 bits per heavy atom. The van der Waals surface area contributed by atoms with Crippen molar-refractivity contribution in [3.63, 3.8) is 0 Å². The van der Waals surface area contributed by atoms with Gasteiger partial charge in [0.05, 0.1) is 6.10 Å². The van der Waals surface area contributed by atoms with Gasteiger partial charge in [-0.2, -0.15) is 0 Å². The van der Waals surface area contributed by atoms with E-state index in [0.29, 0.717) is 12.1 Å². The van der Waals surface area contributed by atoms with Crippen molar-refractivity contribution < 1.29 is 9.90 Å². The molecule has 0 bridgehead atoms. The molecule has 0 radical (unpaired) electrons. The number of hydrogen-bond acceptors (Lipinski definition) is 2. The molecule has 0 saturated carbocycles. The van der Waals surface area contributed by atoms with E-state index in [1.54, 1.807) is 17.7 Å². The van der Waals surface area contributed by atoms with E-state index < -0.39 is 6.10 Å². The maximum atomic E-state index is 12.0. The molecule has 0 unspecified atom stereocenters. The molecule has 0 aliphatic rings. The first-order valence-corrected chi connectivity index (χ1v) is 7.17. The monoisotopic (exact) mass is 336 g/mol. The number of aliphatic hydroxyl groups excluding tert-OH is 1. The second-order valence-electron chi connectivity index (χ2n) is 4.71. The van der Waals surface area contributed by atoms with E-state index in [1.807, 2.05) is 36.5 Å². The zero-order chi connectivity index (χ0) is 14.5. The molecule has 20 heavy (non-hydrogen) atoms. The number of halogens is 1. The molecule has 1 atom stereocenters. The van der Waals surface area contributed by atoms with E-state index in [9.17, 15) is 9.90 Å². The zero-order valence-corrected chi connectivity index (χ0v) is 12.8. The highest BCUT2D eigenvalue weighted by molar-refractivity contribution is 9.10. The number of nitrogens with one attached hydrogen (secondary N) is 1. The van der Waals surface area contributed by atoms with Crippen molar-refractivity contribution in [1.82, 2.24) is 9.88 Å². The van der Waals surface area contributed by atoms with Crippen molar-refractivity contribution in [1.29, 1.82) is 0 Å². The summed E-state index contributed by atoms with van der Waals surface area (Å²) in [6.07, 6.45) is 1.75. The van der Waals surface area contributed by atoms with Crippen molar-refractivity contribution in [3.8, 4) is 0 Å². The topological polar surface area (TPSA) is 54.3 Å². The minimum Gasteiger partial charge on any atom is -0.391 e. The highest BCUT2D eigenvalue weighted by atomic mass is 79.9. The van der Waals surface area contributed by atoms with E-state index in [0.717, 1.165) is 10.0 Å². The van der Waals surface area contributed by atoms with Crippen molar-refractivity contribution >= 4 is 21.8 Å². The van der Waals surface area contributed by atoms with Gasteiger partial charge in [0.1, 0.15) is 5.69 Å². The van der Waals surface area contributed by atoms with Crippen LogP contribution >= 0.6 is 15.9 Å². The third kappa shape index (κ3) is 3.95. The summed E-state index contributed by atoms with van der Waals surface area (Å²) in [4.78, 5) is 12.0. The first-order chi connectivity index (χ1) is 9.56. The normalized spacial score (nSPS) is 12.2. The molecule has 0 saturated heterocycles. The SMILES string of the molecule is Cn1cc(Br)cc1C(=O)NC[C@H](O)Cc1ccccc1. The van der Waals surface area contributed by atoms with Gasteiger partial charge in [0, 0.05) is 30.7 Å². The average Bonchev–Trinajstić information content (AvgIpc) is 2.76. The van der Waals surface area contributed by atoms with Crippen LogP contribution in [-0.4, -0.2) is 28.2 Å². The minimum absolute atomic E-state index is 0.190. The standard InChI is InChI=1S/C15H17BrN2O2/c1-18-10-12(16)8-14(18)15(20)17-9-13(19)7-11-5-3-2-4-6-11/h2-6,8,10,13,19H,7,9H2,1H3,(H,17,20)/t13-/m1/s1. The molecule has 0 spiro atoms. The van der Waals surface area contributed by atoms with Gasteiger partial charge in [-0.1, -0.05) is 30.3 Å². The second kappa shape index (κ2) is 6.72. The third-order valence-electron chi connectivity index (χ3n) is 3.02. The maximum absolute atomic E-state index is 12.0. The molecule has 0 aliphatic carbocycles. The van der Waals surface area contributed by atoms with Crippen molar-refractivity contribution in [2.24, 2.45) is 7.05 Å². The van der Waals surface area contributed by atoms with Crippen LogP contribution < -0.4 is 5.32 Å². The van der Waals surface area contributed by atoms with Gasteiger partial charge in [-0.15, -0.1) is 0 Å². The van der Waals surface area contributed by atoms with Gasteiger partial charge in [0.15, 0.2) is 0 Å². The molecular formula is C15H17BrN2O2. The molecular weight excluding hydrogens is 320 g/mol. The van der Waals surface area contributed by atoms with Gasteiger partial charge >= 0.3 is 0 Å². The number of carbonyl (C=O) groups excluding carboxylic acids is 1. The number of aliphatic hydroxyl groups is 1. The van der Waals surface area contributed by atoms with Gasteiger partial charge in [0.25, 0.3) is 5.91 Å². The molecule has 1 heterocycles. The lowest BCUT2D eigenvalue weighted by Crippen LogP contribution is -2.34. The summed E-state index contributed by atoms with van der Waals surface area (Å²) < 4.78 is 2.60. The molecule has 1 aromatic heterocycles. The Morgan fingerprint density at radius 1 is 1.40 bits per heavy atom. The number of nitrogens with zero attached hydrogens (tertiary/aromatic N) is 1. The molecule has 106 valence electrons. The summed E-state index contributed by atoms with van der Waals surface area (Å²) in [5.74, 6) is -0.190. The smallest absolute Gasteiger partial charge is 0.268 e. The Labute approximate surface area is 126 Å². The van der Waals surface area contributed by atoms with Crippen LogP contribution in [0.1, 0.15) is 16.1 Å². The van der Waals surface area contributed by atoms with Crippen molar-refractivity contribution in [3.05, 3.63) is 58.3 Å². The fourth-order valence-corrected chi connectivity index (χ4v) is 2.53. The molecule has 0 fully saturated rings. The van der Waals surface area contributed by atoms with E-state index in [4.69, 9.17) is 0 Å². The van der Waals surface area contributed by atoms with Crippen LogP contribution in [0.2, 0.25) is 0 Å². The Bertz CT molecular complexity index is 581. The lowest BCUT2D eigenvalue weighted by atomic mass is 10.1.